The fraction of sp³-hybridized carbons (Fsp3) is 0.222. The van der Waals surface area contributed by atoms with E-state index < -0.39 is 6.04 Å². The molecule has 0 saturated carbocycles. The van der Waals surface area contributed by atoms with E-state index in [1.807, 2.05) is 31.2 Å². The molecule has 0 aliphatic rings. The maximum Gasteiger partial charge on any atom is 0.252 e. The third-order valence-corrected chi connectivity index (χ3v) is 4.47. The van der Waals surface area contributed by atoms with Gasteiger partial charge in [-0.15, -0.1) is 5.10 Å². The lowest BCUT2D eigenvalue weighted by Crippen LogP contribution is -2.28. The minimum absolute atomic E-state index is 0.270. The van der Waals surface area contributed by atoms with Crippen LogP contribution in [0.1, 0.15) is 29.1 Å². The van der Waals surface area contributed by atoms with Crippen LogP contribution in [0.25, 0.3) is 5.69 Å². The van der Waals surface area contributed by atoms with Gasteiger partial charge in [-0.05, 0) is 59.8 Å². The van der Waals surface area contributed by atoms with Crippen molar-refractivity contribution >= 4 is 21.8 Å². The number of ether oxygens (including phenoxy) is 2. The molecule has 3 rings (SSSR count). The van der Waals surface area contributed by atoms with Crippen LogP contribution in [0.15, 0.2) is 46.9 Å². The summed E-state index contributed by atoms with van der Waals surface area (Å²) in [5.41, 5.74) is 1.24. The number of methoxy groups -OCH3 is 2. The van der Waals surface area contributed by atoms with Crippen molar-refractivity contribution in [3.05, 3.63) is 58.3 Å². The molecule has 9 heteroatoms. The fourth-order valence-corrected chi connectivity index (χ4v) is 2.82. The molecule has 0 aliphatic carbocycles. The highest BCUT2D eigenvalue weighted by Gasteiger charge is 2.19. The van der Waals surface area contributed by atoms with Crippen LogP contribution in [0.5, 0.6) is 11.5 Å². The number of hydrogen-bond donors (Lipinski definition) is 1. The van der Waals surface area contributed by atoms with Gasteiger partial charge in [0.2, 0.25) is 0 Å². The number of carbonyl (C=O) groups excluding carboxylic acids is 1. The number of benzene rings is 2. The van der Waals surface area contributed by atoms with Crippen molar-refractivity contribution in [1.82, 2.24) is 25.5 Å². The molecular formula is C18H18BrN5O3. The third kappa shape index (κ3) is 4.08. The topological polar surface area (TPSA) is 91.2 Å². The second kappa shape index (κ2) is 8.17. The van der Waals surface area contributed by atoms with E-state index in [0.717, 1.165) is 10.2 Å². The number of aromatic nitrogens is 4. The smallest absolute Gasteiger partial charge is 0.252 e. The molecule has 1 N–H and O–H groups in total. The Morgan fingerprint density at radius 1 is 1.11 bits per heavy atom. The molecule has 1 heterocycles. The highest BCUT2D eigenvalue weighted by molar-refractivity contribution is 9.10. The van der Waals surface area contributed by atoms with E-state index >= 15 is 0 Å². The van der Waals surface area contributed by atoms with Crippen molar-refractivity contribution < 1.29 is 14.3 Å². The number of nitrogens with zero attached hydrogens (tertiary/aromatic N) is 4. The molecule has 8 nitrogen and oxygen atoms in total. The first kappa shape index (κ1) is 18.8. The van der Waals surface area contributed by atoms with Gasteiger partial charge in [0.05, 0.1) is 25.9 Å². The summed E-state index contributed by atoms with van der Waals surface area (Å²) >= 11 is 3.40. The van der Waals surface area contributed by atoms with E-state index in [-0.39, 0.29) is 5.91 Å². The van der Waals surface area contributed by atoms with Gasteiger partial charge in [-0.1, -0.05) is 15.9 Å². The Morgan fingerprint density at radius 3 is 2.48 bits per heavy atom. The van der Waals surface area contributed by atoms with Crippen LogP contribution in [-0.2, 0) is 0 Å². The standard InChI is InChI=1S/C18H18BrN5O3/c1-11(17-21-22-23-24(17)14-7-5-13(19)6-8-14)20-18(25)12-4-9-15(26-2)16(10-12)27-3/h4-11H,1-3H3,(H,20,25). The Balaban J connectivity index is 1.80. The van der Waals surface area contributed by atoms with Crippen molar-refractivity contribution in [2.75, 3.05) is 14.2 Å². The van der Waals surface area contributed by atoms with Crippen molar-refractivity contribution in [2.24, 2.45) is 0 Å². The maximum atomic E-state index is 12.6. The molecule has 27 heavy (non-hydrogen) atoms. The molecular weight excluding hydrogens is 414 g/mol. The van der Waals surface area contributed by atoms with Crippen LogP contribution >= 0.6 is 15.9 Å². The predicted molar refractivity (Wildman–Crippen MR) is 102 cm³/mol. The monoisotopic (exact) mass is 431 g/mol. The van der Waals surface area contributed by atoms with Crippen molar-refractivity contribution in [3.8, 4) is 17.2 Å². The Bertz CT molecular complexity index is 942. The first-order chi connectivity index (χ1) is 13.0. The molecule has 140 valence electrons. The summed E-state index contributed by atoms with van der Waals surface area (Å²) in [5, 5.41) is 14.7. The van der Waals surface area contributed by atoms with Gasteiger partial charge < -0.3 is 14.8 Å². The summed E-state index contributed by atoms with van der Waals surface area (Å²) < 4.78 is 13.0. The summed E-state index contributed by atoms with van der Waals surface area (Å²) in [7, 11) is 3.07. The van der Waals surface area contributed by atoms with Crippen LogP contribution in [0.4, 0.5) is 0 Å². The fourth-order valence-electron chi connectivity index (χ4n) is 2.55. The number of halogens is 1. The van der Waals surface area contributed by atoms with Crippen molar-refractivity contribution in [3.63, 3.8) is 0 Å². The van der Waals surface area contributed by atoms with Crippen LogP contribution in [0.2, 0.25) is 0 Å². The average molecular weight is 432 g/mol. The largest absolute Gasteiger partial charge is 0.493 e. The summed E-state index contributed by atoms with van der Waals surface area (Å²) in [6.45, 7) is 1.82. The van der Waals surface area contributed by atoms with Gasteiger partial charge in [0, 0.05) is 10.0 Å². The zero-order valence-corrected chi connectivity index (χ0v) is 16.6. The predicted octanol–water partition coefficient (Wildman–Crippen LogP) is 2.93. The molecule has 0 bridgehead atoms. The van der Waals surface area contributed by atoms with E-state index in [1.54, 1.807) is 30.0 Å². The second-order valence-electron chi connectivity index (χ2n) is 5.69. The first-order valence-corrected chi connectivity index (χ1v) is 8.90. The van der Waals surface area contributed by atoms with Gasteiger partial charge in [-0.2, -0.15) is 4.68 Å². The summed E-state index contributed by atoms with van der Waals surface area (Å²) in [4.78, 5) is 12.6. The highest BCUT2D eigenvalue weighted by Crippen LogP contribution is 2.27. The SMILES string of the molecule is COc1ccc(C(=O)NC(C)c2nnnn2-c2ccc(Br)cc2)cc1OC. The van der Waals surface area contributed by atoms with Crippen LogP contribution < -0.4 is 14.8 Å². The molecule has 2 aromatic carbocycles. The lowest BCUT2D eigenvalue weighted by molar-refractivity contribution is 0.0937. The number of hydrogen-bond acceptors (Lipinski definition) is 6. The van der Waals surface area contributed by atoms with Gasteiger partial charge >= 0.3 is 0 Å². The minimum Gasteiger partial charge on any atom is -0.493 e. The lowest BCUT2D eigenvalue weighted by atomic mass is 10.1. The van der Waals surface area contributed by atoms with Gasteiger partial charge in [0.25, 0.3) is 5.91 Å². The molecule has 1 atom stereocenters. The number of rotatable bonds is 6. The Morgan fingerprint density at radius 2 is 1.81 bits per heavy atom. The maximum absolute atomic E-state index is 12.6. The van der Waals surface area contributed by atoms with Crippen molar-refractivity contribution in [2.45, 2.75) is 13.0 Å². The van der Waals surface area contributed by atoms with E-state index in [2.05, 4.69) is 36.8 Å². The molecule has 0 radical (unpaired) electrons. The van der Waals surface area contributed by atoms with Gasteiger partial charge in [0.1, 0.15) is 0 Å². The molecule has 0 spiro atoms. The third-order valence-electron chi connectivity index (χ3n) is 3.95. The minimum atomic E-state index is -0.413. The van der Waals surface area contributed by atoms with Gasteiger partial charge in [-0.3, -0.25) is 4.79 Å². The van der Waals surface area contributed by atoms with Crippen LogP contribution in [0, 0.1) is 0 Å². The second-order valence-corrected chi connectivity index (χ2v) is 6.61. The van der Waals surface area contributed by atoms with E-state index in [0.29, 0.717) is 22.9 Å². The Kier molecular flexibility index (Phi) is 5.70. The number of amides is 1. The lowest BCUT2D eigenvalue weighted by Gasteiger charge is -2.15. The molecule has 1 amide bonds. The molecule has 0 fully saturated rings. The number of nitrogens with one attached hydrogen (secondary N) is 1. The first-order valence-electron chi connectivity index (χ1n) is 8.10. The quantitative estimate of drug-likeness (QED) is 0.644. The Hall–Kier alpha value is -2.94. The summed E-state index contributed by atoms with van der Waals surface area (Å²) in [5.74, 6) is 1.29. The molecule has 3 aromatic rings. The van der Waals surface area contributed by atoms with Crippen LogP contribution in [0.3, 0.4) is 0 Å². The zero-order chi connectivity index (χ0) is 19.4. The van der Waals surface area contributed by atoms with E-state index in [9.17, 15) is 4.79 Å². The zero-order valence-electron chi connectivity index (χ0n) is 15.0. The molecule has 1 aromatic heterocycles. The summed E-state index contributed by atoms with van der Waals surface area (Å²) in [6, 6.07) is 12.1. The average Bonchev–Trinajstić information content (AvgIpc) is 3.17. The van der Waals surface area contributed by atoms with Gasteiger partial charge in [-0.25, -0.2) is 0 Å². The normalized spacial score (nSPS) is 11.7. The summed E-state index contributed by atoms with van der Waals surface area (Å²) in [6.07, 6.45) is 0. The highest BCUT2D eigenvalue weighted by atomic mass is 79.9. The molecule has 0 aliphatic heterocycles. The number of tetrazole rings is 1. The van der Waals surface area contributed by atoms with Gasteiger partial charge in [0.15, 0.2) is 17.3 Å². The molecule has 0 saturated heterocycles. The number of carbonyl (C=O) groups is 1. The molecule has 1 unspecified atom stereocenters. The van der Waals surface area contributed by atoms with E-state index in [4.69, 9.17) is 9.47 Å². The van der Waals surface area contributed by atoms with E-state index in [1.165, 1.54) is 7.11 Å². The Labute approximate surface area is 164 Å². The van der Waals surface area contributed by atoms with Crippen molar-refractivity contribution in [1.29, 1.82) is 0 Å². The van der Waals surface area contributed by atoms with Crippen LogP contribution in [-0.4, -0.2) is 40.3 Å².